The minimum absolute atomic E-state index is 0.0484. The van der Waals surface area contributed by atoms with E-state index in [-0.39, 0.29) is 11.9 Å². The number of aromatic amines is 1. The molecule has 0 radical (unpaired) electrons. The van der Waals surface area contributed by atoms with Crippen LogP contribution in [0.2, 0.25) is 0 Å². The van der Waals surface area contributed by atoms with Crippen LogP contribution in [0.25, 0.3) is 11.3 Å². The van der Waals surface area contributed by atoms with Gasteiger partial charge in [0.1, 0.15) is 22.9 Å². The number of methoxy groups -OCH3 is 1. The number of carbonyl (C=O) groups is 1. The summed E-state index contributed by atoms with van der Waals surface area (Å²) in [7, 11) is 1.63. The standard InChI is InChI=1S/C19H20N4O3/c1-12-10-16(22-26-12)18-4-3-9-23(18)19(24)17-11-15(20-21-17)13-5-7-14(25-2)8-6-13/h5-8,10-11,18H,3-4,9H2,1-2H3,(H,20,21)/t18-/m1/s1. The van der Waals surface area contributed by atoms with Gasteiger partial charge in [-0.2, -0.15) is 5.10 Å². The summed E-state index contributed by atoms with van der Waals surface area (Å²) in [5.41, 5.74) is 2.93. The molecule has 1 fully saturated rings. The van der Waals surface area contributed by atoms with Gasteiger partial charge in [0.15, 0.2) is 0 Å². The quantitative estimate of drug-likeness (QED) is 0.778. The highest BCUT2D eigenvalue weighted by molar-refractivity contribution is 5.93. The number of hydrogen-bond acceptors (Lipinski definition) is 5. The molecular formula is C19H20N4O3. The van der Waals surface area contributed by atoms with Crippen LogP contribution in [0.15, 0.2) is 40.9 Å². The third kappa shape index (κ3) is 2.96. The number of likely N-dealkylation sites (tertiary alicyclic amines) is 1. The maximum Gasteiger partial charge on any atom is 0.272 e. The van der Waals surface area contributed by atoms with Crippen LogP contribution >= 0.6 is 0 Å². The number of rotatable bonds is 4. The van der Waals surface area contributed by atoms with Crippen molar-refractivity contribution >= 4 is 5.91 Å². The summed E-state index contributed by atoms with van der Waals surface area (Å²) in [4.78, 5) is 14.8. The molecule has 1 saturated heterocycles. The van der Waals surface area contributed by atoms with Crippen molar-refractivity contribution in [2.24, 2.45) is 0 Å². The first-order valence-electron chi connectivity index (χ1n) is 8.60. The fourth-order valence-electron chi connectivity index (χ4n) is 3.36. The molecule has 0 unspecified atom stereocenters. The Hall–Kier alpha value is -3.09. The highest BCUT2D eigenvalue weighted by Gasteiger charge is 2.33. The predicted molar refractivity (Wildman–Crippen MR) is 94.8 cm³/mol. The van der Waals surface area contributed by atoms with Crippen LogP contribution in [0.4, 0.5) is 0 Å². The van der Waals surface area contributed by atoms with Gasteiger partial charge in [-0.1, -0.05) is 5.16 Å². The first-order valence-corrected chi connectivity index (χ1v) is 8.60. The third-order valence-corrected chi connectivity index (χ3v) is 4.70. The second kappa shape index (κ2) is 6.67. The Kier molecular flexibility index (Phi) is 4.20. The topological polar surface area (TPSA) is 84.2 Å². The zero-order valence-corrected chi connectivity index (χ0v) is 14.7. The molecule has 1 aliphatic rings. The molecule has 2 aromatic heterocycles. The molecular weight excluding hydrogens is 332 g/mol. The van der Waals surface area contributed by atoms with Gasteiger partial charge in [0, 0.05) is 18.2 Å². The van der Waals surface area contributed by atoms with Crippen LogP contribution < -0.4 is 4.74 Å². The monoisotopic (exact) mass is 352 g/mol. The maximum atomic E-state index is 13.0. The van der Waals surface area contributed by atoms with Crippen LogP contribution in [0.1, 0.15) is 40.8 Å². The lowest BCUT2D eigenvalue weighted by atomic mass is 10.1. The molecule has 7 heteroatoms. The minimum Gasteiger partial charge on any atom is -0.497 e. The van der Waals surface area contributed by atoms with E-state index in [9.17, 15) is 4.79 Å². The summed E-state index contributed by atoms with van der Waals surface area (Å²) in [6.45, 7) is 2.56. The molecule has 7 nitrogen and oxygen atoms in total. The number of benzene rings is 1. The zero-order valence-electron chi connectivity index (χ0n) is 14.7. The van der Waals surface area contributed by atoms with Crippen LogP contribution in [0, 0.1) is 6.92 Å². The fourth-order valence-corrected chi connectivity index (χ4v) is 3.36. The van der Waals surface area contributed by atoms with E-state index < -0.39 is 0 Å². The van der Waals surface area contributed by atoms with Gasteiger partial charge in [0.2, 0.25) is 0 Å². The summed E-state index contributed by atoms with van der Waals surface area (Å²) in [6.07, 6.45) is 1.83. The lowest BCUT2D eigenvalue weighted by Crippen LogP contribution is -2.31. The molecule has 1 aromatic carbocycles. The summed E-state index contributed by atoms with van der Waals surface area (Å²) in [5.74, 6) is 1.46. The molecule has 3 aromatic rings. The number of nitrogens with zero attached hydrogens (tertiary/aromatic N) is 3. The molecule has 3 heterocycles. The molecule has 134 valence electrons. The van der Waals surface area contributed by atoms with Gasteiger partial charge < -0.3 is 14.2 Å². The molecule has 1 aliphatic heterocycles. The Morgan fingerprint density at radius 2 is 2.12 bits per heavy atom. The molecule has 0 bridgehead atoms. The smallest absolute Gasteiger partial charge is 0.272 e. The van der Waals surface area contributed by atoms with Crippen molar-refractivity contribution in [3.63, 3.8) is 0 Å². The molecule has 0 aliphatic carbocycles. The molecule has 1 N–H and O–H groups in total. The van der Waals surface area contributed by atoms with E-state index in [1.807, 2.05) is 42.2 Å². The van der Waals surface area contributed by atoms with Crippen molar-refractivity contribution in [3.8, 4) is 17.0 Å². The van der Waals surface area contributed by atoms with Crippen molar-refractivity contribution < 1.29 is 14.1 Å². The van der Waals surface area contributed by atoms with Crippen LogP contribution in [-0.2, 0) is 0 Å². The van der Waals surface area contributed by atoms with Crippen molar-refractivity contribution in [1.29, 1.82) is 0 Å². The highest BCUT2D eigenvalue weighted by atomic mass is 16.5. The molecule has 0 spiro atoms. The SMILES string of the molecule is COc1ccc(-c2cc(C(=O)N3CCC[C@@H]3c3cc(C)on3)[nH]n2)cc1. The average Bonchev–Trinajstić information content (AvgIpc) is 3.41. The predicted octanol–water partition coefficient (Wildman–Crippen LogP) is 3.36. The van der Waals surface area contributed by atoms with E-state index in [1.54, 1.807) is 13.2 Å². The van der Waals surface area contributed by atoms with Gasteiger partial charge in [0.25, 0.3) is 5.91 Å². The van der Waals surface area contributed by atoms with Crippen molar-refractivity contribution in [2.75, 3.05) is 13.7 Å². The number of nitrogens with one attached hydrogen (secondary N) is 1. The van der Waals surface area contributed by atoms with E-state index in [2.05, 4.69) is 15.4 Å². The average molecular weight is 352 g/mol. The van der Waals surface area contributed by atoms with Gasteiger partial charge >= 0.3 is 0 Å². The maximum absolute atomic E-state index is 13.0. The first-order chi connectivity index (χ1) is 12.7. The Bertz CT molecular complexity index is 913. The molecule has 4 rings (SSSR count). The second-order valence-electron chi connectivity index (χ2n) is 6.41. The number of aryl methyl sites for hydroxylation is 1. The Balaban J connectivity index is 1.55. The first kappa shape index (κ1) is 16.4. The van der Waals surface area contributed by atoms with Gasteiger partial charge in [-0.05, 0) is 50.1 Å². The number of aromatic nitrogens is 3. The zero-order chi connectivity index (χ0) is 18.1. The minimum atomic E-state index is -0.0691. The van der Waals surface area contributed by atoms with Gasteiger partial charge in [-0.15, -0.1) is 0 Å². The van der Waals surface area contributed by atoms with Crippen LogP contribution in [0.5, 0.6) is 5.75 Å². The van der Waals surface area contributed by atoms with Crippen LogP contribution in [-0.4, -0.2) is 39.8 Å². The molecule has 0 saturated carbocycles. The summed E-state index contributed by atoms with van der Waals surface area (Å²) < 4.78 is 10.3. The number of amides is 1. The molecule has 1 atom stereocenters. The van der Waals surface area contributed by atoms with E-state index in [0.717, 1.165) is 41.3 Å². The lowest BCUT2D eigenvalue weighted by Gasteiger charge is -2.22. The Labute approximate surface area is 150 Å². The van der Waals surface area contributed by atoms with Gasteiger partial charge in [-0.25, -0.2) is 0 Å². The second-order valence-corrected chi connectivity index (χ2v) is 6.41. The largest absolute Gasteiger partial charge is 0.497 e. The number of ether oxygens (including phenoxy) is 1. The number of hydrogen-bond donors (Lipinski definition) is 1. The Morgan fingerprint density at radius 3 is 2.81 bits per heavy atom. The van der Waals surface area contributed by atoms with E-state index >= 15 is 0 Å². The summed E-state index contributed by atoms with van der Waals surface area (Å²) in [6, 6.07) is 11.2. The summed E-state index contributed by atoms with van der Waals surface area (Å²) in [5, 5.41) is 11.2. The van der Waals surface area contributed by atoms with Crippen molar-refractivity contribution in [2.45, 2.75) is 25.8 Å². The van der Waals surface area contributed by atoms with Crippen molar-refractivity contribution in [3.05, 3.63) is 53.5 Å². The van der Waals surface area contributed by atoms with E-state index in [4.69, 9.17) is 9.26 Å². The van der Waals surface area contributed by atoms with Crippen LogP contribution in [0.3, 0.4) is 0 Å². The number of carbonyl (C=O) groups excluding carboxylic acids is 1. The van der Waals surface area contributed by atoms with Gasteiger partial charge in [-0.3, -0.25) is 9.89 Å². The molecule has 1 amide bonds. The van der Waals surface area contributed by atoms with E-state index in [1.165, 1.54) is 0 Å². The number of H-pyrrole nitrogens is 1. The van der Waals surface area contributed by atoms with Gasteiger partial charge in [0.05, 0.1) is 18.8 Å². The highest BCUT2D eigenvalue weighted by Crippen LogP contribution is 2.33. The summed E-state index contributed by atoms with van der Waals surface area (Å²) >= 11 is 0. The van der Waals surface area contributed by atoms with Crippen molar-refractivity contribution in [1.82, 2.24) is 20.3 Å². The third-order valence-electron chi connectivity index (χ3n) is 4.70. The fraction of sp³-hybridized carbons (Fsp3) is 0.316. The lowest BCUT2D eigenvalue weighted by molar-refractivity contribution is 0.0725. The normalized spacial score (nSPS) is 16.8. The van der Waals surface area contributed by atoms with E-state index in [0.29, 0.717) is 12.2 Å². The molecule has 26 heavy (non-hydrogen) atoms. The Morgan fingerprint density at radius 1 is 1.31 bits per heavy atom.